The van der Waals surface area contributed by atoms with Crippen LogP contribution >= 0.6 is 11.3 Å². The molecule has 0 saturated carbocycles. The molecule has 0 radical (unpaired) electrons. The first-order valence-corrected chi connectivity index (χ1v) is 8.78. The second-order valence-corrected chi connectivity index (χ2v) is 6.84. The lowest BCUT2D eigenvalue weighted by molar-refractivity contribution is -0.120. The highest BCUT2D eigenvalue weighted by molar-refractivity contribution is 7.13. The number of methoxy groups -OCH3 is 1. The number of carbonyl (C=O) groups is 3. The van der Waals surface area contributed by atoms with Crippen molar-refractivity contribution in [3.8, 4) is 0 Å². The Labute approximate surface area is 155 Å². The van der Waals surface area contributed by atoms with E-state index in [1.165, 1.54) is 18.4 Å². The van der Waals surface area contributed by atoms with Crippen LogP contribution in [-0.2, 0) is 20.9 Å². The first kappa shape index (κ1) is 19.6. The van der Waals surface area contributed by atoms with Crippen LogP contribution in [0.5, 0.6) is 0 Å². The Kier molecular flexibility index (Phi) is 7.31. The molecule has 0 unspecified atom stereocenters. The number of nitrogens with one attached hydrogen (secondary N) is 3. The zero-order chi connectivity index (χ0) is 18.9. The van der Waals surface area contributed by atoms with E-state index in [0.717, 1.165) is 10.4 Å². The number of anilines is 1. The van der Waals surface area contributed by atoms with Crippen molar-refractivity contribution < 1.29 is 19.1 Å². The summed E-state index contributed by atoms with van der Waals surface area (Å²) in [7, 11) is 1.45. The standard InChI is InChI=1S/C18H21N3O4S/c1-12-6-7-15(26-12)18(24)20-10-16(22)19-9-13-4-3-5-14(8-13)21-17(23)11-25-2/h3-8H,9-11H2,1-2H3,(H,19,22)(H,20,24)(H,21,23). The van der Waals surface area contributed by atoms with Gasteiger partial charge in [-0.25, -0.2) is 0 Å². The van der Waals surface area contributed by atoms with Gasteiger partial charge in [0.05, 0.1) is 11.4 Å². The van der Waals surface area contributed by atoms with E-state index in [-0.39, 0.29) is 30.9 Å². The van der Waals surface area contributed by atoms with Crippen LogP contribution in [0.15, 0.2) is 36.4 Å². The van der Waals surface area contributed by atoms with Gasteiger partial charge in [0.1, 0.15) is 6.61 Å². The molecule has 0 saturated heterocycles. The zero-order valence-corrected chi connectivity index (χ0v) is 15.4. The largest absolute Gasteiger partial charge is 0.375 e. The fourth-order valence-electron chi connectivity index (χ4n) is 2.15. The predicted molar refractivity (Wildman–Crippen MR) is 100 cm³/mol. The summed E-state index contributed by atoms with van der Waals surface area (Å²) < 4.78 is 4.76. The molecule has 1 aromatic heterocycles. The van der Waals surface area contributed by atoms with Crippen molar-refractivity contribution in [1.29, 1.82) is 0 Å². The molecule has 0 aliphatic heterocycles. The first-order chi connectivity index (χ1) is 12.5. The number of ether oxygens (including phenoxy) is 1. The maximum Gasteiger partial charge on any atom is 0.261 e. The molecule has 3 N–H and O–H groups in total. The summed E-state index contributed by atoms with van der Waals surface area (Å²) in [6.07, 6.45) is 0. The van der Waals surface area contributed by atoms with Crippen molar-refractivity contribution >= 4 is 34.7 Å². The summed E-state index contributed by atoms with van der Waals surface area (Å²) in [5, 5.41) is 8.02. The lowest BCUT2D eigenvalue weighted by Crippen LogP contribution is -2.36. The third kappa shape index (κ3) is 6.30. The van der Waals surface area contributed by atoms with E-state index in [4.69, 9.17) is 4.74 Å². The van der Waals surface area contributed by atoms with Crippen LogP contribution in [0.25, 0.3) is 0 Å². The van der Waals surface area contributed by atoms with Crippen LogP contribution in [0.1, 0.15) is 20.1 Å². The molecule has 3 amide bonds. The molecule has 2 rings (SSSR count). The van der Waals surface area contributed by atoms with Crippen molar-refractivity contribution in [2.24, 2.45) is 0 Å². The Hall–Kier alpha value is -2.71. The minimum Gasteiger partial charge on any atom is -0.375 e. The number of hydrogen-bond acceptors (Lipinski definition) is 5. The van der Waals surface area contributed by atoms with E-state index in [0.29, 0.717) is 17.1 Å². The lowest BCUT2D eigenvalue weighted by Gasteiger charge is -2.09. The fraction of sp³-hybridized carbons (Fsp3) is 0.278. The zero-order valence-electron chi connectivity index (χ0n) is 14.6. The highest BCUT2D eigenvalue weighted by Gasteiger charge is 2.10. The van der Waals surface area contributed by atoms with Gasteiger partial charge in [-0.1, -0.05) is 12.1 Å². The molecule has 1 heterocycles. The van der Waals surface area contributed by atoms with Crippen LogP contribution in [0.3, 0.4) is 0 Å². The van der Waals surface area contributed by atoms with Crippen LogP contribution in [0.2, 0.25) is 0 Å². The van der Waals surface area contributed by atoms with Crippen LogP contribution < -0.4 is 16.0 Å². The lowest BCUT2D eigenvalue weighted by atomic mass is 10.2. The summed E-state index contributed by atoms with van der Waals surface area (Å²) in [5.74, 6) is -0.804. The van der Waals surface area contributed by atoms with Crippen molar-refractivity contribution in [2.45, 2.75) is 13.5 Å². The summed E-state index contributed by atoms with van der Waals surface area (Å²) >= 11 is 1.38. The van der Waals surface area contributed by atoms with E-state index in [1.54, 1.807) is 24.3 Å². The highest BCUT2D eigenvalue weighted by Crippen LogP contribution is 2.14. The van der Waals surface area contributed by atoms with Gasteiger partial charge in [-0.2, -0.15) is 0 Å². The van der Waals surface area contributed by atoms with Crippen LogP contribution in [0, 0.1) is 6.92 Å². The fourth-order valence-corrected chi connectivity index (χ4v) is 2.94. The minimum atomic E-state index is -0.291. The maximum absolute atomic E-state index is 11.9. The molecule has 2 aromatic rings. The molecule has 0 fully saturated rings. The van der Waals surface area contributed by atoms with Crippen molar-refractivity contribution in [2.75, 3.05) is 25.6 Å². The van der Waals surface area contributed by atoms with Gasteiger partial charge in [0, 0.05) is 24.2 Å². The van der Waals surface area contributed by atoms with Gasteiger partial charge in [0.15, 0.2) is 0 Å². The third-order valence-corrected chi connectivity index (χ3v) is 4.35. The van der Waals surface area contributed by atoms with E-state index in [2.05, 4.69) is 16.0 Å². The average Bonchev–Trinajstić information content (AvgIpc) is 3.05. The van der Waals surface area contributed by atoms with E-state index in [1.807, 2.05) is 19.1 Å². The van der Waals surface area contributed by atoms with Gasteiger partial charge >= 0.3 is 0 Å². The normalized spacial score (nSPS) is 10.2. The summed E-state index contributed by atoms with van der Waals surface area (Å²) in [5.41, 5.74) is 1.45. The summed E-state index contributed by atoms with van der Waals surface area (Å²) in [6.45, 7) is 2.09. The number of amides is 3. The Morgan fingerprint density at radius 3 is 2.58 bits per heavy atom. The van der Waals surface area contributed by atoms with Gasteiger partial charge in [-0.3, -0.25) is 14.4 Å². The number of thiophene rings is 1. The van der Waals surface area contributed by atoms with Crippen molar-refractivity contribution in [3.63, 3.8) is 0 Å². The molecule has 26 heavy (non-hydrogen) atoms. The molecule has 1 aromatic carbocycles. The number of hydrogen-bond donors (Lipinski definition) is 3. The van der Waals surface area contributed by atoms with Crippen molar-refractivity contribution in [1.82, 2.24) is 10.6 Å². The summed E-state index contributed by atoms with van der Waals surface area (Å²) in [4.78, 5) is 36.9. The molecule has 0 spiro atoms. The first-order valence-electron chi connectivity index (χ1n) is 7.97. The molecular formula is C18H21N3O4S. The number of aryl methyl sites for hydroxylation is 1. The van der Waals surface area contributed by atoms with E-state index in [9.17, 15) is 14.4 Å². The average molecular weight is 375 g/mol. The second kappa shape index (κ2) is 9.69. The topological polar surface area (TPSA) is 96.5 Å². The third-order valence-electron chi connectivity index (χ3n) is 3.35. The minimum absolute atomic E-state index is 0.0234. The summed E-state index contributed by atoms with van der Waals surface area (Å²) in [6, 6.07) is 10.7. The van der Waals surface area contributed by atoms with E-state index < -0.39 is 0 Å². The highest BCUT2D eigenvalue weighted by atomic mass is 32.1. The predicted octanol–water partition coefficient (Wildman–Crippen LogP) is 1.69. The van der Waals surface area contributed by atoms with Crippen LogP contribution in [0.4, 0.5) is 5.69 Å². The van der Waals surface area contributed by atoms with Gasteiger partial charge in [0.25, 0.3) is 5.91 Å². The molecule has 0 bridgehead atoms. The molecule has 8 heteroatoms. The van der Waals surface area contributed by atoms with Crippen LogP contribution in [-0.4, -0.2) is 38.0 Å². The van der Waals surface area contributed by atoms with Gasteiger partial charge < -0.3 is 20.7 Å². The molecule has 7 nitrogen and oxygen atoms in total. The molecule has 0 aliphatic rings. The smallest absolute Gasteiger partial charge is 0.261 e. The molecular weight excluding hydrogens is 354 g/mol. The number of carbonyl (C=O) groups excluding carboxylic acids is 3. The van der Waals surface area contributed by atoms with Gasteiger partial charge in [-0.05, 0) is 36.8 Å². The van der Waals surface area contributed by atoms with Gasteiger partial charge in [-0.15, -0.1) is 11.3 Å². The quantitative estimate of drug-likeness (QED) is 0.654. The second-order valence-electron chi connectivity index (χ2n) is 5.55. The Morgan fingerprint density at radius 2 is 1.88 bits per heavy atom. The molecule has 138 valence electrons. The monoisotopic (exact) mass is 375 g/mol. The van der Waals surface area contributed by atoms with Crippen molar-refractivity contribution in [3.05, 3.63) is 51.7 Å². The van der Waals surface area contributed by atoms with Gasteiger partial charge in [0.2, 0.25) is 11.8 Å². The van der Waals surface area contributed by atoms with E-state index >= 15 is 0 Å². The Morgan fingerprint density at radius 1 is 1.08 bits per heavy atom. The number of benzene rings is 1. The molecule has 0 atom stereocenters. The maximum atomic E-state index is 11.9. The Balaban J connectivity index is 1.78. The Bertz CT molecular complexity index is 788. The number of rotatable bonds is 8. The molecule has 0 aliphatic carbocycles. The SMILES string of the molecule is COCC(=O)Nc1cccc(CNC(=O)CNC(=O)c2ccc(C)s2)c1.